The topological polar surface area (TPSA) is 119 Å². The zero-order valence-corrected chi connectivity index (χ0v) is 20.4. The van der Waals surface area contributed by atoms with Crippen molar-refractivity contribution in [2.24, 2.45) is 5.10 Å². The highest BCUT2D eigenvalue weighted by Crippen LogP contribution is 2.28. The van der Waals surface area contributed by atoms with Gasteiger partial charge in [0.2, 0.25) is 5.95 Å². The van der Waals surface area contributed by atoms with Crippen LogP contribution in [0.3, 0.4) is 0 Å². The van der Waals surface area contributed by atoms with Crippen molar-refractivity contribution in [3.63, 3.8) is 0 Å². The zero-order chi connectivity index (χ0) is 26.0. The van der Waals surface area contributed by atoms with Gasteiger partial charge in [0, 0.05) is 13.1 Å². The molecule has 194 valence electrons. The molecular formula is C25H27FN6O5. The van der Waals surface area contributed by atoms with Gasteiger partial charge in [-0.3, -0.25) is 4.79 Å². The Hall–Kier alpha value is -4.45. The van der Waals surface area contributed by atoms with Crippen molar-refractivity contribution in [1.82, 2.24) is 9.97 Å². The maximum absolute atomic E-state index is 14.2. The van der Waals surface area contributed by atoms with Crippen molar-refractivity contribution in [1.29, 1.82) is 0 Å². The van der Waals surface area contributed by atoms with Crippen LogP contribution in [0.5, 0.6) is 17.2 Å². The molecule has 0 bridgehead atoms. The first-order valence-corrected chi connectivity index (χ1v) is 11.5. The van der Waals surface area contributed by atoms with E-state index in [9.17, 15) is 9.18 Å². The van der Waals surface area contributed by atoms with Gasteiger partial charge in [0.15, 0.2) is 29.7 Å². The number of carbonyl (C=O) groups is 1. The molecule has 0 aliphatic carbocycles. The van der Waals surface area contributed by atoms with Crippen LogP contribution in [-0.4, -0.2) is 69.2 Å². The predicted octanol–water partition coefficient (Wildman–Crippen LogP) is 2.93. The number of halogens is 1. The van der Waals surface area contributed by atoms with Gasteiger partial charge in [0.25, 0.3) is 5.91 Å². The minimum Gasteiger partial charge on any atom is -0.495 e. The van der Waals surface area contributed by atoms with Crippen LogP contribution < -0.4 is 29.9 Å². The average molecular weight is 511 g/mol. The molecule has 0 spiro atoms. The molecule has 37 heavy (non-hydrogen) atoms. The fourth-order valence-electron chi connectivity index (χ4n) is 3.53. The Morgan fingerprint density at radius 3 is 2.70 bits per heavy atom. The monoisotopic (exact) mass is 510 g/mol. The van der Waals surface area contributed by atoms with Gasteiger partial charge in [0.1, 0.15) is 5.75 Å². The number of anilines is 3. The molecule has 1 amide bonds. The van der Waals surface area contributed by atoms with E-state index in [4.69, 9.17) is 18.9 Å². The van der Waals surface area contributed by atoms with Gasteiger partial charge in [-0.2, -0.15) is 10.1 Å². The minimum atomic E-state index is -0.506. The molecule has 0 unspecified atom stereocenters. The van der Waals surface area contributed by atoms with Crippen LogP contribution in [0, 0.1) is 5.82 Å². The van der Waals surface area contributed by atoms with Gasteiger partial charge in [-0.1, -0.05) is 12.1 Å². The van der Waals surface area contributed by atoms with Crippen LogP contribution in [-0.2, 0) is 9.53 Å². The van der Waals surface area contributed by atoms with Crippen molar-refractivity contribution < 1.29 is 28.1 Å². The Morgan fingerprint density at radius 2 is 1.92 bits per heavy atom. The highest BCUT2D eigenvalue weighted by Gasteiger charge is 2.18. The summed E-state index contributed by atoms with van der Waals surface area (Å²) < 4.78 is 35.8. The van der Waals surface area contributed by atoms with E-state index in [1.807, 2.05) is 6.07 Å². The van der Waals surface area contributed by atoms with E-state index in [1.54, 1.807) is 41.3 Å². The molecular weight excluding hydrogens is 483 g/mol. The lowest BCUT2D eigenvalue weighted by Gasteiger charge is -2.27. The molecule has 1 aliphatic heterocycles. The van der Waals surface area contributed by atoms with Gasteiger partial charge in [-0.05, 0) is 35.9 Å². The average Bonchev–Trinajstić information content (AvgIpc) is 2.94. The van der Waals surface area contributed by atoms with E-state index in [2.05, 4.69) is 25.8 Å². The summed E-state index contributed by atoms with van der Waals surface area (Å²) in [4.78, 5) is 22.3. The number of amides is 1. The summed E-state index contributed by atoms with van der Waals surface area (Å²) >= 11 is 0. The number of morpholine rings is 1. The number of nitrogens with zero attached hydrogens (tertiary/aromatic N) is 4. The number of methoxy groups -OCH3 is 2. The van der Waals surface area contributed by atoms with Crippen molar-refractivity contribution in [2.75, 3.05) is 62.8 Å². The van der Waals surface area contributed by atoms with Crippen molar-refractivity contribution in [2.45, 2.75) is 0 Å². The molecule has 1 aromatic heterocycles. The molecule has 1 fully saturated rings. The normalized spacial score (nSPS) is 13.3. The quantitative estimate of drug-likeness (QED) is 0.313. The zero-order valence-electron chi connectivity index (χ0n) is 20.4. The Morgan fingerprint density at radius 1 is 1.14 bits per heavy atom. The van der Waals surface area contributed by atoms with Crippen LogP contribution in [0.1, 0.15) is 5.56 Å². The molecule has 4 rings (SSSR count). The summed E-state index contributed by atoms with van der Waals surface area (Å²) in [6.45, 7) is 1.90. The first kappa shape index (κ1) is 25.6. The highest BCUT2D eigenvalue weighted by atomic mass is 19.1. The number of aromatic nitrogens is 2. The second-order valence-corrected chi connectivity index (χ2v) is 7.78. The Balaban J connectivity index is 1.35. The van der Waals surface area contributed by atoms with Gasteiger partial charge in [-0.25, -0.2) is 14.8 Å². The van der Waals surface area contributed by atoms with Gasteiger partial charge >= 0.3 is 0 Å². The Labute approximate surface area is 213 Å². The Kier molecular flexibility index (Phi) is 8.66. The second kappa shape index (κ2) is 12.5. The molecule has 0 atom stereocenters. The number of para-hydroxylation sites is 2. The number of ether oxygens (including phenoxy) is 4. The summed E-state index contributed by atoms with van der Waals surface area (Å²) in [5, 5.41) is 6.88. The number of carbonyl (C=O) groups excluding carboxylic acids is 1. The Bertz CT molecular complexity index is 1250. The SMILES string of the molecule is COc1ccccc1NC(=O)COc1ccc(/C=N/Nc2ncc(F)c(N3CCOCC3)n2)cc1OC. The number of hydrogen-bond acceptors (Lipinski definition) is 10. The molecule has 0 radical (unpaired) electrons. The number of benzene rings is 2. The van der Waals surface area contributed by atoms with Gasteiger partial charge in [-0.15, -0.1) is 0 Å². The fourth-order valence-corrected chi connectivity index (χ4v) is 3.53. The summed E-state index contributed by atoms with van der Waals surface area (Å²) in [5.74, 6) is 0.863. The van der Waals surface area contributed by atoms with E-state index in [0.29, 0.717) is 54.8 Å². The summed E-state index contributed by atoms with van der Waals surface area (Å²) in [6, 6.07) is 12.2. The van der Waals surface area contributed by atoms with Crippen molar-refractivity contribution in [3.8, 4) is 17.2 Å². The summed E-state index contributed by atoms with van der Waals surface area (Å²) in [5.41, 5.74) is 3.95. The number of nitrogens with one attached hydrogen (secondary N) is 2. The lowest BCUT2D eigenvalue weighted by atomic mass is 10.2. The molecule has 0 saturated carbocycles. The maximum Gasteiger partial charge on any atom is 0.262 e. The molecule has 11 nitrogen and oxygen atoms in total. The fraction of sp³-hybridized carbons (Fsp3) is 0.280. The van der Waals surface area contributed by atoms with Crippen LogP contribution >= 0.6 is 0 Å². The molecule has 12 heteroatoms. The lowest BCUT2D eigenvalue weighted by molar-refractivity contribution is -0.118. The summed E-state index contributed by atoms with van der Waals surface area (Å²) in [6.07, 6.45) is 2.64. The number of rotatable bonds is 10. The third-order valence-corrected chi connectivity index (χ3v) is 5.34. The van der Waals surface area contributed by atoms with Crippen LogP contribution in [0.4, 0.5) is 21.8 Å². The molecule has 2 aromatic carbocycles. The lowest BCUT2D eigenvalue weighted by Crippen LogP contribution is -2.37. The number of hydrazone groups is 1. The predicted molar refractivity (Wildman–Crippen MR) is 136 cm³/mol. The van der Waals surface area contributed by atoms with E-state index in [0.717, 1.165) is 6.20 Å². The van der Waals surface area contributed by atoms with E-state index in [1.165, 1.54) is 20.4 Å². The van der Waals surface area contributed by atoms with Crippen LogP contribution in [0.15, 0.2) is 53.8 Å². The largest absolute Gasteiger partial charge is 0.495 e. The van der Waals surface area contributed by atoms with E-state index >= 15 is 0 Å². The van der Waals surface area contributed by atoms with E-state index in [-0.39, 0.29) is 24.3 Å². The van der Waals surface area contributed by atoms with Crippen LogP contribution in [0.25, 0.3) is 0 Å². The standard InChI is InChI=1S/C25H27FN6O5/c1-34-20-6-4-3-5-19(20)29-23(33)16-37-21-8-7-17(13-22(21)35-2)14-28-31-25-27-15-18(26)24(30-25)32-9-11-36-12-10-32/h3-8,13-15H,9-12,16H2,1-2H3,(H,29,33)(H,27,30,31)/b28-14+. The summed E-state index contributed by atoms with van der Waals surface area (Å²) in [7, 11) is 3.03. The first-order chi connectivity index (χ1) is 18.1. The van der Waals surface area contributed by atoms with Gasteiger partial charge < -0.3 is 29.2 Å². The molecule has 3 aromatic rings. The minimum absolute atomic E-state index is 0.159. The van der Waals surface area contributed by atoms with E-state index < -0.39 is 5.82 Å². The smallest absolute Gasteiger partial charge is 0.262 e. The second-order valence-electron chi connectivity index (χ2n) is 7.78. The van der Waals surface area contributed by atoms with Crippen molar-refractivity contribution >= 4 is 29.6 Å². The molecule has 1 aliphatic rings. The number of hydrogen-bond donors (Lipinski definition) is 2. The molecule has 2 N–H and O–H groups in total. The molecule has 1 saturated heterocycles. The first-order valence-electron chi connectivity index (χ1n) is 11.5. The van der Waals surface area contributed by atoms with Gasteiger partial charge in [0.05, 0.1) is 45.5 Å². The van der Waals surface area contributed by atoms with Crippen LogP contribution in [0.2, 0.25) is 0 Å². The highest BCUT2D eigenvalue weighted by molar-refractivity contribution is 5.93. The molecule has 2 heterocycles. The van der Waals surface area contributed by atoms with Crippen molar-refractivity contribution in [3.05, 3.63) is 60.0 Å². The third kappa shape index (κ3) is 6.82. The maximum atomic E-state index is 14.2. The third-order valence-electron chi connectivity index (χ3n) is 5.34.